The molecule has 0 aliphatic carbocycles. The van der Waals surface area contributed by atoms with Gasteiger partial charge in [0.1, 0.15) is 5.82 Å². The molecule has 1 unspecified atom stereocenters. The van der Waals surface area contributed by atoms with Crippen LogP contribution >= 0.6 is 0 Å². The third kappa shape index (κ3) is 2.20. The Morgan fingerprint density at radius 1 is 1.25 bits per heavy atom. The van der Waals surface area contributed by atoms with E-state index in [-0.39, 0.29) is 6.04 Å². The summed E-state index contributed by atoms with van der Waals surface area (Å²) in [4.78, 5) is 4.33. The molecule has 0 saturated heterocycles. The zero-order valence-corrected chi connectivity index (χ0v) is 11.8. The minimum absolute atomic E-state index is 0.0715. The second kappa shape index (κ2) is 5.09. The lowest BCUT2D eigenvalue weighted by atomic mass is 10.1. The van der Waals surface area contributed by atoms with Gasteiger partial charge in [-0.05, 0) is 12.5 Å². The lowest BCUT2D eigenvalue weighted by molar-refractivity contribution is 0.597. The third-order valence-corrected chi connectivity index (χ3v) is 3.74. The van der Waals surface area contributed by atoms with Crippen LogP contribution in [-0.4, -0.2) is 19.3 Å². The van der Waals surface area contributed by atoms with Crippen LogP contribution in [0.2, 0.25) is 0 Å². The van der Waals surface area contributed by atoms with Crippen molar-refractivity contribution in [3.63, 3.8) is 0 Å². The van der Waals surface area contributed by atoms with Crippen LogP contribution in [-0.2, 0) is 20.5 Å². The first-order valence-corrected chi connectivity index (χ1v) is 6.80. The largest absolute Gasteiger partial charge is 0.338 e. The Hall–Kier alpha value is -2.14. The summed E-state index contributed by atoms with van der Waals surface area (Å²) in [7, 11) is 3.96. The highest BCUT2D eigenvalue weighted by molar-refractivity contribution is 5.82. The summed E-state index contributed by atoms with van der Waals surface area (Å²) in [5.74, 6) is 1.06. The van der Waals surface area contributed by atoms with Crippen LogP contribution in [0.5, 0.6) is 0 Å². The molecule has 0 aliphatic rings. The lowest BCUT2D eigenvalue weighted by Gasteiger charge is -2.09. The molecule has 1 atom stereocenters. The first-order valence-electron chi connectivity index (χ1n) is 6.80. The van der Waals surface area contributed by atoms with Crippen molar-refractivity contribution in [1.82, 2.24) is 19.3 Å². The number of benzene rings is 1. The van der Waals surface area contributed by atoms with E-state index < -0.39 is 0 Å². The Morgan fingerprint density at radius 3 is 2.80 bits per heavy atom. The summed E-state index contributed by atoms with van der Waals surface area (Å²) < 4.78 is 3.93. The summed E-state index contributed by atoms with van der Waals surface area (Å²) in [6.45, 7) is 0. The molecule has 0 radical (unpaired) electrons. The summed E-state index contributed by atoms with van der Waals surface area (Å²) >= 11 is 0. The second-order valence-corrected chi connectivity index (χ2v) is 5.13. The van der Waals surface area contributed by atoms with E-state index in [4.69, 9.17) is 5.73 Å². The van der Waals surface area contributed by atoms with Crippen LogP contribution in [0.1, 0.15) is 24.0 Å². The van der Waals surface area contributed by atoms with Crippen molar-refractivity contribution in [2.24, 2.45) is 19.8 Å². The van der Waals surface area contributed by atoms with Crippen LogP contribution in [0.25, 0.3) is 10.9 Å². The number of aromatic nitrogens is 4. The van der Waals surface area contributed by atoms with E-state index in [1.54, 1.807) is 0 Å². The van der Waals surface area contributed by atoms with Crippen LogP contribution < -0.4 is 5.73 Å². The van der Waals surface area contributed by atoms with Crippen LogP contribution in [0.4, 0.5) is 0 Å². The molecule has 20 heavy (non-hydrogen) atoms. The molecule has 0 bridgehead atoms. The number of rotatable bonds is 4. The first-order chi connectivity index (χ1) is 9.66. The Labute approximate surface area is 118 Å². The average Bonchev–Trinajstić information content (AvgIpc) is 3.01. The van der Waals surface area contributed by atoms with Gasteiger partial charge in [0.15, 0.2) is 0 Å². The van der Waals surface area contributed by atoms with Gasteiger partial charge in [-0.15, -0.1) is 0 Å². The molecule has 0 fully saturated rings. The molecule has 5 heteroatoms. The van der Waals surface area contributed by atoms with E-state index in [1.165, 1.54) is 0 Å². The van der Waals surface area contributed by atoms with Gasteiger partial charge in [0.2, 0.25) is 0 Å². The quantitative estimate of drug-likeness (QED) is 0.787. The molecule has 3 rings (SSSR count). The monoisotopic (exact) mass is 269 g/mol. The Bertz CT molecular complexity index is 725. The maximum absolute atomic E-state index is 6.33. The highest BCUT2D eigenvalue weighted by Crippen LogP contribution is 2.24. The summed E-state index contributed by atoms with van der Waals surface area (Å²) in [5.41, 5.74) is 8.42. The predicted octanol–water partition coefficient (Wildman–Crippen LogP) is 1.94. The topological polar surface area (TPSA) is 61.7 Å². The van der Waals surface area contributed by atoms with Crippen molar-refractivity contribution in [2.45, 2.75) is 18.9 Å². The highest BCUT2D eigenvalue weighted by Gasteiger charge is 2.15. The number of para-hydroxylation sites is 1. The summed E-state index contributed by atoms with van der Waals surface area (Å²) in [5, 5.41) is 5.72. The van der Waals surface area contributed by atoms with Gasteiger partial charge in [0, 0.05) is 44.3 Å². The molecule has 5 nitrogen and oxygen atoms in total. The Morgan fingerprint density at radius 2 is 2.05 bits per heavy atom. The Kier molecular flexibility index (Phi) is 3.28. The van der Waals surface area contributed by atoms with Crippen LogP contribution in [0, 0.1) is 0 Å². The van der Waals surface area contributed by atoms with Gasteiger partial charge in [-0.3, -0.25) is 4.68 Å². The van der Waals surface area contributed by atoms with E-state index in [0.29, 0.717) is 0 Å². The van der Waals surface area contributed by atoms with Crippen molar-refractivity contribution in [3.05, 3.63) is 48.2 Å². The standard InChI is InChI=1S/C15H19N5/c1-19-10-9-17-14(19)8-7-12(16)15-11-5-3-4-6-13(11)20(2)18-15/h3-6,9-10,12H,7-8,16H2,1-2H3. The van der Waals surface area contributed by atoms with E-state index >= 15 is 0 Å². The van der Waals surface area contributed by atoms with Gasteiger partial charge in [0.05, 0.1) is 11.2 Å². The maximum Gasteiger partial charge on any atom is 0.108 e. The number of hydrogen-bond donors (Lipinski definition) is 1. The maximum atomic E-state index is 6.33. The molecule has 104 valence electrons. The predicted molar refractivity (Wildman–Crippen MR) is 79.2 cm³/mol. The van der Waals surface area contributed by atoms with E-state index in [1.807, 2.05) is 47.9 Å². The molecule has 0 saturated carbocycles. The highest BCUT2D eigenvalue weighted by atomic mass is 15.3. The van der Waals surface area contributed by atoms with E-state index in [9.17, 15) is 0 Å². The third-order valence-electron chi connectivity index (χ3n) is 3.74. The number of nitrogens with zero attached hydrogens (tertiary/aromatic N) is 4. The zero-order valence-electron chi connectivity index (χ0n) is 11.8. The van der Waals surface area contributed by atoms with Gasteiger partial charge in [-0.1, -0.05) is 18.2 Å². The summed E-state index contributed by atoms with van der Waals surface area (Å²) in [6.07, 6.45) is 5.47. The van der Waals surface area contributed by atoms with Crippen molar-refractivity contribution >= 4 is 10.9 Å². The molecular weight excluding hydrogens is 250 g/mol. The minimum Gasteiger partial charge on any atom is -0.338 e. The fourth-order valence-electron chi connectivity index (χ4n) is 2.57. The fourth-order valence-corrected chi connectivity index (χ4v) is 2.57. The molecule has 0 aliphatic heterocycles. The van der Waals surface area contributed by atoms with E-state index in [0.717, 1.165) is 35.3 Å². The number of nitrogens with two attached hydrogens (primary N) is 1. The molecule has 0 spiro atoms. The van der Waals surface area contributed by atoms with Crippen LogP contribution in [0.15, 0.2) is 36.7 Å². The number of hydrogen-bond acceptors (Lipinski definition) is 3. The number of aryl methyl sites for hydroxylation is 3. The first kappa shape index (κ1) is 12.9. The smallest absolute Gasteiger partial charge is 0.108 e. The molecular formula is C15H19N5. The van der Waals surface area contributed by atoms with Gasteiger partial charge < -0.3 is 10.3 Å². The van der Waals surface area contributed by atoms with Gasteiger partial charge in [-0.2, -0.15) is 5.10 Å². The van der Waals surface area contributed by atoms with Crippen molar-refractivity contribution in [2.75, 3.05) is 0 Å². The second-order valence-electron chi connectivity index (χ2n) is 5.13. The lowest BCUT2D eigenvalue weighted by Crippen LogP contribution is -2.14. The SMILES string of the molecule is Cn1ccnc1CCC(N)c1nn(C)c2ccccc12. The zero-order chi connectivity index (χ0) is 14.1. The molecule has 0 amide bonds. The average molecular weight is 269 g/mol. The number of fused-ring (bicyclic) bond motifs is 1. The van der Waals surface area contributed by atoms with Crippen molar-refractivity contribution in [3.8, 4) is 0 Å². The molecule has 2 aromatic heterocycles. The van der Waals surface area contributed by atoms with Crippen molar-refractivity contribution in [1.29, 1.82) is 0 Å². The fraction of sp³-hybridized carbons (Fsp3) is 0.333. The van der Waals surface area contributed by atoms with Gasteiger partial charge >= 0.3 is 0 Å². The van der Waals surface area contributed by atoms with E-state index in [2.05, 4.69) is 22.2 Å². The molecule has 3 aromatic rings. The van der Waals surface area contributed by atoms with Crippen LogP contribution in [0.3, 0.4) is 0 Å². The van der Waals surface area contributed by atoms with Gasteiger partial charge in [0.25, 0.3) is 0 Å². The summed E-state index contributed by atoms with van der Waals surface area (Å²) in [6, 6.07) is 8.12. The normalized spacial score (nSPS) is 12.9. The molecule has 2 heterocycles. The Balaban J connectivity index is 1.82. The minimum atomic E-state index is -0.0715. The molecule has 2 N–H and O–H groups in total. The van der Waals surface area contributed by atoms with Gasteiger partial charge in [-0.25, -0.2) is 4.98 Å². The molecule has 1 aromatic carbocycles. The van der Waals surface area contributed by atoms with Crippen molar-refractivity contribution < 1.29 is 0 Å². The number of imidazole rings is 1.